The zero-order valence-corrected chi connectivity index (χ0v) is 11.1. The van der Waals surface area contributed by atoms with Crippen LogP contribution in [0.3, 0.4) is 0 Å². The molecule has 0 amide bonds. The van der Waals surface area contributed by atoms with Crippen molar-refractivity contribution < 1.29 is 4.39 Å². The summed E-state index contributed by atoms with van der Waals surface area (Å²) in [6.45, 7) is 4.83. The van der Waals surface area contributed by atoms with Gasteiger partial charge in [-0.05, 0) is 12.1 Å². The van der Waals surface area contributed by atoms with E-state index >= 15 is 0 Å². The first-order valence-electron chi connectivity index (χ1n) is 5.79. The lowest BCUT2D eigenvalue weighted by Gasteiger charge is -2.06. The van der Waals surface area contributed by atoms with Crippen LogP contribution in [0, 0.1) is 5.82 Å². The predicted octanol–water partition coefficient (Wildman–Crippen LogP) is 3.16. The fraction of sp³-hybridized carbons (Fsp3) is 0.308. The molecule has 1 N–H and O–H groups in total. The van der Waals surface area contributed by atoms with Gasteiger partial charge >= 0.3 is 0 Å². The molecule has 0 radical (unpaired) electrons. The summed E-state index contributed by atoms with van der Waals surface area (Å²) in [5.41, 5.74) is 1.28. The van der Waals surface area contributed by atoms with E-state index in [0.29, 0.717) is 17.6 Å². The normalized spacial score (nSPS) is 11.2. The zero-order valence-electron chi connectivity index (χ0n) is 10.3. The molecule has 0 aliphatic heterocycles. The fourth-order valence-electron chi connectivity index (χ4n) is 1.60. The Kier molecular flexibility index (Phi) is 3.99. The van der Waals surface area contributed by atoms with Crippen molar-refractivity contribution >= 4 is 11.6 Å². The first-order valence-corrected chi connectivity index (χ1v) is 6.17. The number of nitrogens with one attached hydrogen (secondary N) is 1. The molecule has 0 fully saturated rings. The minimum atomic E-state index is -0.381. The molecule has 0 saturated heterocycles. The van der Waals surface area contributed by atoms with Crippen molar-refractivity contribution in [3.05, 3.63) is 47.0 Å². The first-order chi connectivity index (χ1) is 8.58. The van der Waals surface area contributed by atoms with Gasteiger partial charge in [0, 0.05) is 24.3 Å². The smallest absolute Gasteiger partial charge is 0.150 e. The van der Waals surface area contributed by atoms with Crippen LogP contribution < -0.4 is 5.32 Å². The minimum Gasteiger partial charge on any atom is -0.310 e. The van der Waals surface area contributed by atoms with Crippen LogP contribution in [0.4, 0.5) is 4.39 Å². The third-order valence-electron chi connectivity index (χ3n) is 2.52. The molecule has 96 valence electrons. The highest BCUT2D eigenvalue weighted by atomic mass is 35.5. The standard InChI is InChI=1S/C13H15ClFN3/c1-9(2)16-6-10-7-17-18(8-10)13-11(14)4-3-5-12(13)15/h3-5,7-9,16H,6H2,1-2H3. The van der Waals surface area contributed by atoms with Crippen LogP contribution in [0.2, 0.25) is 5.02 Å². The van der Waals surface area contributed by atoms with E-state index in [2.05, 4.69) is 24.3 Å². The third kappa shape index (κ3) is 2.89. The summed E-state index contributed by atoms with van der Waals surface area (Å²) in [7, 11) is 0. The lowest BCUT2D eigenvalue weighted by atomic mass is 10.3. The molecule has 3 nitrogen and oxygen atoms in total. The molecule has 1 aromatic carbocycles. The molecule has 2 aromatic rings. The van der Waals surface area contributed by atoms with Gasteiger partial charge in [0.25, 0.3) is 0 Å². The van der Waals surface area contributed by atoms with Crippen molar-refractivity contribution in [3.63, 3.8) is 0 Å². The van der Waals surface area contributed by atoms with Crippen molar-refractivity contribution in [2.45, 2.75) is 26.4 Å². The maximum absolute atomic E-state index is 13.7. The van der Waals surface area contributed by atoms with Gasteiger partial charge in [-0.1, -0.05) is 31.5 Å². The highest BCUT2D eigenvalue weighted by Crippen LogP contribution is 2.22. The Balaban J connectivity index is 2.24. The number of nitrogens with zero attached hydrogens (tertiary/aromatic N) is 2. The molecule has 18 heavy (non-hydrogen) atoms. The summed E-state index contributed by atoms with van der Waals surface area (Å²) in [5.74, 6) is -0.381. The van der Waals surface area contributed by atoms with Crippen LogP contribution in [0.15, 0.2) is 30.6 Å². The van der Waals surface area contributed by atoms with E-state index in [-0.39, 0.29) is 11.5 Å². The summed E-state index contributed by atoms with van der Waals surface area (Å²) in [6.07, 6.45) is 3.48. The number of rotatable bonds is 4. The fourth-order valence-corrected chi connectivity index (χ4v) is 1.85. The molecule has 2 rings (SSSR count). The van der Waals surface area contributed by atoms with Crippen LogP contribution in [0.1, 0.15) is 19.4 Å². The van der Waals surface area contributed by atoms with E-state index in [1.807, 2.05) is 0 Å². The monoisotopic (exact) mass is 267 g/mol. The number of hydrogen-bond acceptors (Lipinski definition) is 2. The highest BCUT2D eigenvalue weighted by Gasteiger charge is 2.10. The minimum absolute atomic E-state index is 0.287. The summed E-state index contributed by atoms with van der Waals surface area (Å²) in [4.78, 5) is 0. The second kappa shape index (κ2) is 5.50. The van der Waals surface area contributed by atoms with Crippen molar-refractivity contribution in [1.82, 2.24) is 15.1 Å². The summed E-state index contributed by atoms with van der Waals surface area (Å²) < 4.78 is 15.2. The Hall–Kier alpha value is -1.39. The second-order valence-corrected chi connectivity index (χ2v) is 4.81. The summed E-state index contributed by atoms with van der Waals surface area (Å²) in [6, 6.07) is 4.99. The van der Waals surface area contributed by atoms with Gasteiger partial charge in [-0.25, -0.2) is 9.07 Å². The maximum atomic E-state index is 13.7. The summed E-state index contributed by atoms with van der Waals surface area (Å²) >= 11 is 5.98. The largest absolute Gasteiger partial charge is 0.310 e. The molecule has 0 bridgehead atoms. The van der Waals surface area contributed by atoms with Gasteiger partial charge in [0.05, 0.1) is 11.2 Å². The van der Waals surface area contributed by atoms with Gasteiger partial charge in [0.1, 0.15) is 11.5 Å². The van der Waals surface area contributed by atoms with Crippen LogP contribution in [-0.2, 0) is 6.54 Å². The van der Waals surface area contributed by atoms with E-state index in [1.54, 1.807) is 24.5 Å². The average molecular weight is 268 g/mol. The van der Waals surface area contributed by atoms with Gasteiger partial charge in [-0.3, -0.25) is 0 Å². The quantitative estimate of drug-likeness (QED) is 0.922. The van der Waals surface area contributed by atoms with Crippen LogP contribution in [-0.4, -0.2) is 15.8 Å². The van der Waals surface area contributed by atoms with E-state index < -0.39 is 0 Å². The molecule has 0 unspecified atom stereocenters. The van der Waals surface area contributed by atoms with E-state index in [4.69, 9.17) is 11.6 Å². The SMILES string of the molecule is CC(C)NCc1cnn(-c2c(F)cccc2Cl)c1. The van der Waals surface area contributed by atoms with Crippen LogP contribution in [0.5, 0.6) is 0 Å². The van der Waals surface area contributed by atoms with Crippen molar-refractivity contribution in [2.24, 2.45) is 0 Å². The second-order valence-electron chi connectivity index (χ2n) is 4.40. The average Bonchev–Trinajstić information content (AvgIpc) is 2.75. The third-order valence-corrected chi connectivity index (χ3v) is 2.82. The number of halogens is 2. The number of benzene rings is 1. The van der Waals surface area contributed by atoms with E-state index in [0.717, 1.165) is 5.56 Å². The van der Waals surface area contributed by atoms with Crippen LogP contribution in [0.25, 0.3) is 5.69 Å². The number of hydrogen-bond donors (Lipinski definition) is 1. The van der Waals surface area contributed by atoms with Crippen molar-refractivity contribution in [2.75, 3.05) is 0 Å². The lowest BCUT2D eigenvalue weighted by Crippen LogP contribution is -2.21. The molecule has 0 atom stereocenters. The maximum Gasteiger partial charge on any atom is 0.150 e. The molecular formula is C13H15ClFN3. The zero-order chi connectivity index (χ0) is 13.1. The van der Waals surface area contributed by atoms with Crippen molar-refractivity contribution in [3.8, 4) is 5.69 Å². The molecule has 1 aromatic heterocycles. The molecule has 1 heterocycles. The van der Waals surface area contributed by atoms with Crippen LogP contribution >= 0.6 is 11.6 Å². The summed E-state index contributed by atoms with van der Waals surface area (Å²) in [5, 5.41) is 7.76. The molecule has 0 aliphatic carbocycles. The number of para-hydroxylation sites is 1. The molecule has 0 aliphatic rings. The number of aromatic nitrogens is 2. The first kappa shape index (κ1) is 13.1. The van der Waals surface area contributed by atoms with Crippen molar-refractivity contribution in [1.29, 1.82) is 0 Å². The molecule has 5 heteroatoms. The Labute approximate surface area is 111 Å². The van der Waals surface area contributed by atoms with Gasteiger partial charge in [-0.2, -0.15) is 5.10 Å². The van der Waals surface area contributed by atoms with E-state index in [9.17, 15) is 4.39 Å². The Morgan fingerprint density at radius 1 is 1.44 bits per heavy atom. The van der Waals surface area contributed by atoms with Gasteiger partial charge in [0.2, 0.25) is 0 Å². The molecular weight excluding hydrogens is 253 g/mol. The molecule has 0 saturated carbocycles. The Morgan fingerprint density at radius 2 is 2.22 bits per heavy atom. The highest BCUT2D eigenvalue weighted by molar-refractivity contribution is 6.32. The van der Waals surface area contributed by atoms with Gasteiger partial charge in [0.15, 0.2) is 0 Å². The molecule has 0 spiro atoms. The Bertz CT molecular complexity index is 517. The topological polar surface area (TPSA) is 29.9 Å². The van der Waals surface area contributed by atoms with Gasteiger partial charge in [-0.15, -0.1) is 0 Å². The lowest BCUT2D eigenvalue weighted by molar-refractivity contribution is 0.588. The van der Waals surface area contributed by atoms with E-state index in [1.165, 1.54) is 10.7 Å². The Morgan fingerprint density at radius 3 is 2.89 bits per heavy atom. The predicted molar refractivity (Wildman–Crippen MR) is 70.5 cm³/mol. The van der Waals surface area contributed by atoms with Gasteiger partial charge < -0.3 is 5.32 Å².